The highest BCUT2D eigenvalue weighted by Crippen LogP contribution is 2.24. The van der Waals surface area contributed by atoms with E-state index in [1.807, 2.05) is 13.0 Å². The molecule has 27 heavy (non-hydrogen) atoms. The summed E-state index contributed by atoms with van der Waals surface area (Å²) in [6.45, 7) is 1.51. The Kier molecular flexibility index (Phi) is 5.07. The van der Waals surface area contributed by atoms with E-state index in [-0.39, 0.29) is 11.0 Å². The SMILES string of the molecule is CCc1cnc2c(c1OC)c(=O)n(CC(=O)Nc1ccccc1)c(=O)n2C. The van der Waals surface area contributed by atoms with Gasteiger partial charge in [-0.1, -0.05) is 25.1 Å². The molecule has 2 aromatic heterocycles. The van der Waals surface area contributed by atoms with Crippen LogP contribution in [0.3, 0.4) is 0 Å². The van der Waals surface area contributed by atoms with Gasteiger partial charge < -0.3 is 10.1 Å². The Morgan fingerprint density at radius 3 is 2.56 bits per heavy atom. The first-order valence-corrected chi connectivity index (χ1v) is 8.48. The number of pyridine rings is 1. The standard InChI is InChI=1S/C19H20N4O4/c1-4-12-10-20-17-15(16(12)27-3)18(25)23(19(26)22(17)2)11-14(24)21-13-8-6-5-7-9-13/h5-10H,4,11H2,1-3H3,(H,21,24). The lowest BCUT2D eigenvalue weighted by Crippen LogP contribution is -2.42. The van der Waals surface area contributed by atoms with E-state index in [2.05, 4.69) is 10.3 Å². The molecule has 0 atom stereocenters. The summed E-state index contributed by atoms with van der Waals surface area (Å²) in [7, 11) is 2.97. The van der Waals surface area contributed by atoms with E-state index < -0.39 is 23.7 Å². The lowest BCUT2D eigenvalue weighted by Gasteiger charge is -2.14. The zero-order valence-electron chi connectivity index (χ0n) is 15.4. The predicted molar refractivity (Wildman–Crippen MR) is 102 cm³/mol. The Morgan fingerprint density at radius 1 is 1.22 bits per heavy atom. The van der Waals surface area contributed by atoms with Gasteiger partial charge in [0, 0.05) is 24.5 Å². The third-order valence-electron chi connectivity index (χ3n) is 4.32. The van der Waals surface area contributed by atoms with Gasteiger partial charge in [-0.25, -0.2) is 14.3 Å². The number of para-hydroxylation sites is 1. The van der Waals surface area contributed by atoms with E-state index in [0.717, 1.165) is 10.1 Å². The van der Waals surface area contributed by atoms with Crippen molar-refractivity contribution < 1.29 is 9.53 Å². The molecule has 0 unspecified atom stereocenters. The van der Waals surface area contributed by atoms with Gasteiger partial charge in [-0.15, -0.1) is 0 Å². The lowest BCUT2D eigenvalue weighted by atomic mass is 10.1. The number of aryl methyl sites for hydroxylation is 2. The van der Waals surface area contributed by atoms with Crippen molar-refractivity contribution in [2.75, 3.05) is 12.4 Å². The van der Waals surface area contributed by atoms with Crippen LogP contribution in [0.15, 0.2) is 46.1 Å². The molecule has 0 aliphatic carbocycles. The highest BCUT2D eigenvalue weighted by Gasteiger charge is 2.19. The van der Waals surface area contributed by atoms with Crippen molar-refractivity contribution in [1.29, 1.82) is 0 Å². The van der Waals surface area contributed by atoms with Crippen molar-refractivity contribution in [3.63, 3.8) is 0 Å². The van der Waals surface area contributed by atoms with Crippen LogP contribution in [-0.4, -0.2) is 27.1 Å². The molecule has 1 aromatic carbocycles. The van der Waals surface area contributed by atoms with Crippen molar-refractivity contribution in [3.8, 4) is 5.75 Å². The highest BCUT2D eigenvalue weighted by atomic mass is 16.5. The maximum absolute atomic E-state index is 13.0. The summed E-state index contributed by atoms with van der Waals surface area (Å²) < 4.78 is 7.55. The molecular weight excluding hydrogens is 348 g/mol. The van der Waals surface area contributed by atoms with Gasteiger partial charge in [0.2, 0.25) is 5.91 Å². The summed E-state index contributed by atoms with van der Waals surface area (Å²) in [4.78, 5) is 42.2. The fourth-order valence-corrected chi connectivity index (χ4v) is 2.95. The number of ether oxygens (including phenoxy) is 1. The van der Waals surface area contributed by atoms with Crippen LogP contribution in [0.2, 0.25) is 0 Å². The minimum atomic E-state index is -0.616. The Bertz CT molecular complexity index is 1120. The minimum Gasteiger partial charge on any atom is -0.495 e. The Hall–Kier alpha value is -3.42. The number of carbonyl (C=O) groups is 1. The summed E-state index contributed by atoms with van der Waals surface area (Å²) in [6.07, 6.45) is 2.20. The largest absolute Gasteiger partial charge is 0.495 e. The van der Waals surface area contributed by atoms with Gasteiger partial charge in [0.15, 0.2) is 5.65 Å². The molecule has 8 nitrogen and oxygen atoms in total. The number of methoxy groups -OCH3 is 1. The number of fused-ring (bicyclic) bond motifs is 1. The number of benzene rings is 1. The zero-order chi connectivity index (χ0) is 19.6. The third kappa shape index (κ3) is 3.33. The number of carbonyl (C=O) groups excluding carboxylic acids is 1. The predicted octanol–water partition coefficient (Wildman–Crippen LogP) is 1.30. The van der Waals surface area contributed by atoms with Gasteiger partial charge >= 0.3 is 5.69 Å². The number of hydrogen-bond donors (Lipinski definition) is 1. The fraction of sp³-hybridized carbons (Fsp3) is 0.263. The van der Waals surface area contributed by atoms with Crippen molar-refractivity contribution in [2.24, 2.45) is 7.05 Å². The smallest absolute Gasteiger partial charge is 0.332 e. The molecule has 1 N–H and O–H groups in total. The van der Waals surface area contributed by atoms with Crippen LogP contribution >= 0.6 is 0 Å². The second-order valence-corrected chi connectivity index (χ2v) is 6.02. The maximum Gasteiger partial charge on any atom is 0.332 e. The second-order valence-electron chi connectivity index (χ2n) is 6.02. The number of amides is 1. The molecule has 140 valence electrons. The van der Waals surface area contributed by atoms with Crippen LogP contribution in [0, 0.1) is 0 Å². The van der Waals surface area contributed by atoms with Crippen LogP contribution in [0.1, 0.15) is 12.5 Å². The second kappa shape index (κ2) is 7.45. The summed E-state index contributed by atoms with van der Waals surface area (Å²) in [5.74, 6) is -0.0985. The van der Waals surface area contributed by atoms with Crippen molar-refractivity contribution >= 4 is 22.6 Å². The number of nitrogens with one attached hydrogen (secondary N) is 1. The van der Waals surface area contributed by atoms with Gasteiger partial charge in [-0.2, -0.15) is 0 Å². The maximum atomic E-state index is 13.0. The molecule has 0 spiro atoms. The number of rotatable bonds is 5. The van der Waals surface area contributed by atoms with Gasteiger partial charge in [-0.05, 0) is 18.6 Å². The van der Waals surface area contributed by atoms with E-state index in [1.165, 1.54) is 18.7 Å². The molecule has 3 rings (SSSR count). The Labute approximate surface area is 155 Å². The molecular formula is C19H20N4O4. The summed E-state index contributed by atoms with van der Waals surface area (Å²) in [6, 6.07) is 8.82. The zero-order valence-corrected chi connectivity index (χ0v) is 15.4. The normalized spacial score (nSPS) is 10.8. The number of aromatic nitrogens is 3. The molecule has 1 amide bonds. The molecule has 8 heteroatoms. The lowest BCUT2D eigenvalue weighted by molar-refractivity contribution is -0.116. The molecule has 0 fully saturated rings. The van der Waals surface area contributed by atoms with E-state index in [4.69, 9.17) is 4.74 Å². The Balaban J connectivity index is 2.12. The third-order valence-corrected chi connectivity index (χ3v) is 4.32. The van der Waals surface area contributed by atoms with Crippen molar-refractivity contribution in [3.05, 3.63) is 62.9 Å². The van der Waals surface area contributed by atoms with E-state index >= 15 is 0 Å². The minimum absolute atomic E-state index is 0.187. The van der Waals surface area contributed by atoms with Crippen molar-refractivity contribution in [1.82, 2.24) is 14.1 Å². The van der Waals surface area contributed by atoms with Gasteiger partial charge in [0.25, 0.3) is 5.56 Å². The molecule has 3 aromatic rings. The number of anilines is 1. The van der Waals surface area contributed by atoms with Gasteiger partial charge in [0.05, 0.1) is 7.11 Å². The first kappa shape index (κ1) is 18.4. The van der Waals surface area contributed by atoms with Gasteiger partial charge in [0.1, 0.15) is 17.7 Å². The monoisotopic (exact) mass is 368 g/mol. The van der Waals surface area contributed by atoms with Crippen LogP contribution in [0.5, 0.6) is 5.75 Å². The topological polar surface area (TPSA) is 95.2 Å². The van der Waals surface area contributed by atoms with E-state index in [9.17, 15) is 14.4 Å². The van der Waals surface area contributed by atoms with Crippen LogP contribution in [0.25, 0.3) is 11.0 Å². The van der Waals surface area contributed by atoms with Crippen LogP contribution in [0.4, 0.5) is 5.69 Å². The Morgan fingerprint density at radius 2 is 1.93 bits per heavy atom. The number of nitrogens with zero attached hydrogens (tertiary/aromatic N) is 3. The molecule has 0 aliphatic rings. The summed E-state index contributed by atoms with van der Waals surface area (Å²) in [5.41, 5.74) is 0.339. The molecule has 0 saturated heterocycles. The molecule has 0 radical (unpaired) electrons. The number of hydrogen-bond acceptors (Lipinski definition) is 5. The molecule has 2 heterocycles. The highest BCUT2D eigenvalue weighted by molar-refractivity contribution is 5.91. The average Bonchev–Trinajstić information content (AvgIpc) is 2.69. The first-order chi connectivity index (χ1) is 13.0. The van der Waals surface area contributed by atoms with Crippen molar-refractivity contribution in [2.45, 2.75) is 19.9 Å². The quantitative estimate of drug-likeness (QED) is 0.733. The van der Waals surface area contributed by atoms with Crippen LogP contribution < -0.4 is 21.3 Å². The molecule has 0 saturated carbocycles. The fourth-order valence-electron chi connectivity index (χ4n) is 2.95. The molecule has 0 bridgehead atoms. The average molecular weight is 368 g/mol. The van der Waals surface area contributed by atoms with E-state index in [1.54, 1.807) is 30.5 Å². The van der Waals surface area contributed by atoms with Crippen LogP contribution in [-0.2, 0) is 24.8 Å². The first-order valence-electron chi connectivity index (χ1n) is 8.48. The van der Waals surface area contributed by atoms with E-state index in [0.29, 0.717) is 17.9 Å². The summed E-state index contributed by atoms with van der Waals surface area (Å²) in [5, 5.41) is 2.86. The molecule has 0 aliphatic heterocycles. The van der Waals surface area contributed by atoms with Gasteiger partial charge in [-0.3, -0.25) is 14.2 Å². The summed E-state index contributed by atoms with van der Waals surface area (Å²) >= 11 is 0.